The van der Waals surface area contributed by atoms with Crippen molar-refractivity contribution >= 4 is 11.8 Å². The van der Waals surface area contributed by atoms with Gasteiger partial charge in [0.1, 0.15) is 6.04 Å². The van der Waals surface area contributed by atoms with E-state index in [4.69, 9.17) is 0 Å². The Morgan fingerprint density at radius 3 is 2.56 bits per heavy atom. The average molecular weight is 244 g/mol. The molecule has 1 heterocycles. The van der Waals surface area contributed by atoms with Crippen LogP contribution in [0.5, 0.6) is 0 Å². The number of rotatable bonds is 3. The molecule has 1 aromatic rings. The molecule has 0 unspecified atom stereocenters. The lowest BCUT2D eigenvalue weighted by molar-refractivity contribution is -0.126. The van der Waals surface area contributed by atoms with Gasteiger partial charge in [0, 0.05) is 6.42 Å². The molecule has 2 amide bonds. The molecule has 1 saturated carbocycles. The van der Waals surface area contributed by atoms with Gasteiger partial charge in [-0.25, -0.2) is 0 Å². The van der Waals surface area contributed by atoms with Gasteiger partial charge in [-0.05, 0) is 24.8 Å². The lowest BCUT2D eigenvalue weighted by Crippen LogP contribution is -2.46. The minimum absolute atomic E-state index is 0.0280. The molecule has 0 radical (unpaired) electrons. The first-order chi connectivity index (χ1) is 8.70. The van der Waals surface area contributed by atoms with E-state index >= 15 is 0 Å². The summed E-state index contributed by atoms with van der Waals surface area (Å²) in [5.74, 6) is -0.0816. The fourth-order valence-corrected chi connectivity index (χ4v) is 2.50. The minimum atomic E-state index is -0.348. The zero-order chi connectivity index (χ0) is 12.6. The first-order valence-corrected chi connectivity index (χ1v) is 6.37. The lowest BCUT2D eigenvalue weighted by Gasteiger charge is -2.20. The highest BCUT2D eigenvalue weighted by molar-refractivity contribution is 5.91. The van der Waals surface area contributed by atoms with E-state index in [1.165, 1.54) is 0 Å². The molecule has 1 aromatic carbocycles. The van der Waals surface area contributed by atoms with Gasteiger partial charge in [0.05, 0.1) is 5.54 Å². The smallest absolute Gasteiger partial charge is 0.243 e. The van der Waals surface area contributed by atoms with Gasteiger partial charge in [0.25, 0.3) is 0 Å². The Bertz CT molecular complexity index is 480. The highest BCUT2D eigenvalue weighted by Gasteiger charge is 2.46. The summed E-state index contributed by atoms with van der Waals surface area (Å²) in [6, 6.07) is 9.68. The summed E-state index contributed by atoms with van der Waals surface area (Å²) < 4.78 is 0. The first kappa shape index (κ1) is 11.3. The van der Waals surface area contributed by atoms with Crippen LogP contribution in [0.2, 0.25) is 0 Å². The van der Waals surface area contributed by atoms with Gasteiger partial charge >= 0.3 is 0 Å². The molecule has 1 aliphatic heterocycles. The molecule has 2 N–H and O–H groups in total. The monoisotopic (exact) mass is 244 g/mol. The molecule has 1 saturated heterocycles. The van der Waals surface area contributed by atoms with Crippen LogP contribution in [-0.2, 0) is 15.1 Å². The van der Waals surface area contributed by atoms with Crippen LogP contribution in [0.3, 0.4) is 0 Å². The number of nitrogens with one attached hydrogen (secondary N) is 2. The summed E-state index contributed by atoms with van der Waals surface area (Å²) in [7, 11) is 0. The average Bonchev–Trinajstić information content (AvgIpc) is 3.04. The number of hydrogen-bond acceptors (Lipinski definition) is 2. The largest absolute Gasteiger partial charge is 0.345 e. The van der Waals surface area contributed by atoms with E-state index in [2.05, 4.69) is 10.6 Å². The van der Waals surface area contributed by atoms with Crippen molar-refractivity contribution in [3.63, 3.8) is 0 Å². The number of amides is 2. The maximum atomic E-state index is 12.1. The second kappa shape index (κ2) is 4.12. The van der Waals surface area contributed by atoms with Gasteiger partial charge < -0.3 is 10.6 Å². The van der Waals surface area contributed by atoms with E-state index in [1.54, 1.807) is 0 Å². The minimum Gasteiger partial charge on any atom is -0.345 e. The maximum Gasteiger partial charge on any atom is 0.243 e. The predicted octanol–water partition coefficient (Wildman–Crippen LogP) is 1.07. The van der Waals surface area contributed by atoms with E-state index in [0.29, 0.717) is 12.8 Å². The Balaban J connectivity index is 1.69. The molecule has 0 spiro atoms. The highest BCUT2D eigenvalue weighted by Crippen LogP contribution is 2.45. The maximum absolute atomic E-state index is 12.1. The summed E-state index contributed by atoms with van der Waals surface area (Å²) in [5, 5.41) is 5.80. The van der Waals surface area contributed by atoms with Crippen molar-refractivity contribution < 1.29 is 9.59 Å². The summed E-state index contributed by atoms with van der Waals surface area (Å²) >= 11 is 0. The third kappa shape index (κ3) is 1.98. The zero-order valence-electron chi connectivity index (χ0n) is 10.1. The van der Waals surface area contributed by atoms with Gasteiger partial charge in [0.15, 0.2) is 0 Å². The molecular formula is C14H16N2O2. The fourth-order valence-electron chi connectivity index (χ4n) is 2.50. The Hall–Kier alpha value is -1.84. The predicted molar refractivity (Wildman–Crippen MR) is 66.7 cm³/mol. The SMILES string of the molecule is O=C1CC[C@H](C(=O)NC2(c3ccccc3)CC2)N1. The third-order valence-corrected chi connectivity index (χ3v) is 3.75. The zero-order valence-corrected chi connectivity index (χ0v) is 10.1. The van der Waals surface area contributed by atoms with Crippen LogP contribution in [-0.4, -0.2) is 17.9 Å². The quantitative estimate of drug-likeness (QED) is 0.835. The van der Waals surface area contributed by atoms with Crippen molar-refractivity contribution in [3.05, 3.63) is 35.9 Å². The fraction of sp³-hybridized carbons (Fsp3) is 0.429. The molecule has 1 aliphatic carbocycles. The molecule has 1 atom stereocenters. The van der Waals surface area contributed by atoms with Gasteiger partial charge in [-0.3, -0.25) is 9.59 Å². The van der Waals surface area contributed by atoms with Gasteiger partial charge in [0.2, 0.25) is 11.8 Å². The Morgan fingerprint density at radius 1 is 1.28 bits per heavy atom. The van der Waals surface area contributed by atoms with Crippen molar-refractivity contribution in [2.75, 3.05) is 0 Å². The molecule has 4 heteroatoms. The third-order valence-electron chi connectivity index (χ3n) is 3.75. The van der Waals surface area contributed by atoms with E-state index in [0.717, 1.165) is 18.4 Å². The van der Waals surface area contributed by atoms with Crippen LogP contribution in [0.4, 0.5) is 0 Å². The number of benzene rings is 1. The number of carbonyl (C=O) groups is 2. The molecule has 18 heavy (non-hydrogen) atoms. The van der Waals surface area contributed by atoms with Crippen LogP contribution in [0.15, 0.2) is 30.3 Å². The summed E-state index contributed by atoms with van der Waals surface area (Å²) in [6.45, 7) is 0. The number of carbonyl (C=O) groups excluding carboxylic acids is 2. The van der Waals surface area contributed by atoms with Crippen LogP contribution in [0, 0.1) is 0 Å². The van der Waals surface area contributed by atoms with E-state index in [-0.39, 0.29) is 23.4 Å². The lowest BCUT2D eigenvalue weighted by atomic mass is 10.0. The standard InChI is InChI=1S/C14H16N2O2/c17-12-7-6-11(15-12)13(18)16-14(8-9-14)10-4-2-1-3-5-10/h1-5,11H,6-9H2,(H,15,17)(H,16,18)/t11-/m1/s1. The van der Waals surface area contributed by atoms with E-state index < -0.39 is 0 Å². The van der Waals surface area contributed by atoms with Gasteiger partial charge in [-0.1, -0.05) is 30.3 Å². The molecule has 2 aliphatic rings. The molecule has 0 aromatic heterocycles. The van der Waals surface area contributed by atoms with Crippen LogP contribution in [0.25, 0.3) is 0 Å². The molecule has 0 bridgehead atoms. The summed E-state index contributed by atoms with van der Waals surface area (Å²) in [5.41, 5.74) is 0.966. The summed E-state index contributed by atoms with van der Waals surface area (Å²) in [6.07, 6.45) is 3.01. The Morgan fingerprint density at radius 2 is 2.00 bits per heavy atom. The van der Waals surface area contributed by atoms with Crippen LogP contribution >= 0.6 is 0 Å². The van der Waals surface area contributed by atoms with E-state index in [1.807, 2.05) is 30.3 Å². The molecule has 2 fully saturated rings. The topological polar surface area (TPSA) is 58.2 Å². The second-order valence-corrected chi connectivity index (χ2v) is 5.10. The van der Waals surface area contributed by atoms with Crippen LogP contribution < -0.4 is 10.6 Å². The molecular weight excluding hydrogens is 228 g/mol. The van der Waals surface area contributed by atoms with Gasteiger partial charge in [-0.15, -0.1) is 0 Å². The van der Waals surface area contributed by atoms with Crippen molar-refractivity contribution in [1.29, 1.82) is 0 Å². The first-order valence-electron chi connectivity index (χ1n) is 6.37. The molecule has 4 nitrogen and oxygen atoms in total. The van der Waals surface area contributed by atoms with Crippen molar-refractivity contribution in [3.8, 4) is 0 Å². The molecule has 3 rings (SSSR count). The normalized spacial score (nSPS) is 24.4. The number of hydrogen-bond donors (Lipinski definition) is 2. The Labute approximate surface area is 106 Å². The summed E-state index contributed by atoms with van der Waals surface area (Å²) in [4.78, 5) is 23.2. The highest BCUT2D eigenvalue weighted by atomic mass is 16.2. The van der Waals surface area contributed by atoms with Gasteiger partial charge in [-0.2, -0.15) is 0 Å². The Kier molecular flexibility index (Phi) is 2.58. The van der Waals surface area contributed by atoms with Crippen molar-refractivity contribution in [1.82, 2.24) is 10.6 Å². The van der Waals surface area contributed by atoms with Crippen molar-refractivity contribution in [2.45, 2.75) is 37.3 Å². The molecule has 94 valence electrons. The van der Waals surface area contributed by atoms with Crippen molar-refractivity contribution in [2.24, 2.45) is 0 Å². The van der Waals surface area contributed by atoms with Crippen LogP contribution in [0.1, 0.15) is 31.2 Å². The van der Waals surface area contributed by atoms with E-state index in [9.17, 15) is 9.59 Å². The second-order valence-electron chi connectivity index (χ2n) is 5.10.